The molecule has 0 bridgehead atoms. The molecule has 1 aromatic rings. The number of likely N-dealkylation sites (N-methyl/N-ethyl adjacent to an activating group) is 1. The molecule has 3 atom stereocenters. The summed E-state index contributed by atoms with van der Waals surface area (Å²) >= 11 is 5.83. The third-order valence-corrected chi connectivity index (χ3v) is 5.54. The highest BCUT2D eigenvalue weighted by molar-refractivity contribution is 6.30. The maximum Gasteiger partial charge on any atom is 0.208 e. The number of halogens is 3. The number of hydrogen-bond donors (Lipinski definition) is 1. The average molecular weight is 354 g/mol. The molecule has 0 amide bonds. The van der Waals surface area contributed by atoms with Crippen LogP contribution in [0.2, 0.25) is 5.02 Å². The quantitative estimate of drug-likeness (QED) is 0.787. The summed E-state index contributed by atoms with van der Waals surface area (Å²) in [6.45, 7) is 0.391. The van der Waals surface area contributed by atoms with Gasteiger partial charge in [-0.2, -0.15) is 4.39 Å². The SMILES string of the molecule is CN1C=C(F)N2C(c3ccc(Cl)cc3F)NC3CCCC(=O)C32C1. The minimum atomic E-state index is -0.984. The van der Waals surface area contributed by atoms with Gasteiger partial charge in [-0.05, 0) is 25.0 Å². The van der Waals surface area contributed by atoms with Gasteiger partial charge in [-0.15, -0.1) is 0 Å². The number of benzene rings is 1. The summed E-state index contributed by atoms with van der Waals surface area (Å²) < 4.78 is 29.3. The molecular weight excluding hydrogens is 336 g/mol. The molecule has 7 heteroatoms. The van der Waals surface area contributed by atoms with Crippen molar-refractivity contribution >= 4 is 17.4 Å². The number of hydrogen-bond acceptors (Lipinski definition) is 4. The molecule has 1 saturated heterocycles. The molecule has 2 heterocycles. The molecule has 1 aliphatic carbocycles. The Hall–Kier alpha value is -1.66. The van der Waals surface area contributed by atoms with Crippen LogP contribution in [0.3, 0.4) is 0 Å². The zero-order valence-corrected chi connectivity index (χ0v) is 14.0. The number of Topliss-reactive ketones (excluding diaryl/α,β-unsaturated/α-hetero) is 1. The standard InChI is InChI=1S/C17H18ClF2N3O/c1-22-8-15(20)23-16(11-6-5-10(18)7-12(11)19)21-13-3-2-4-14(24)17(13,23)9-22/h5-8,13,16,21H,2-4,9H2,1H3. The van der Waals surface area contributed by atoms with Gasteiger partial charge in [-0.25, -0.2) is 4.39 Å². The summed E-state index contributed by atoms with van der Waals surface area (Å²) in [5, 5.41) is 3.58. The number of carbonyl (C=O) groups excluding carboxylic acids is 1. The van der Waals surface area contributed by atoms with Crippen LogP contribution in [0.4, 0.5) is 8.78 Å². The van der Waals surface area contributed by atoms with Crippen molar-refractivity contribution in [3.05, 3.63) is 46.8 Å². The van der Waals surface area contributed by atoms with Crippen molar-refractivity contribution in [1.82, 2.24) is 15.1 Å². The summed E-state index contributed by atoms with van der Waals surface area (Å²) in [4.78, 5) is 16.0. The molecule has 1 aromatic carbocycles. The first kappa shape index (κ1) is 15.8. The van der Waals surface area contributed by atoms with Crippen LogP contribution in [0, 0.1) is 5.82 Å². The molecule has 1 N–H and O–H groups in total. The van der Waals surface area contributed by atoms with Crippen molar-refractivity contribution in [2.75, 3.05) is 13.6 Å². The Kier molecular flexibility index (Phi) is 3.58. The molecule has 0 aromatic heterocycles. The molecular formula is C17H18ClF2N3O. The highest BCUT2D eigenvalue weighted by atomic mass is 35.5. The van der Waals surface area contributed by atoms with Gasteiger partial charge in [0.2, 0.25) is 5.95 Å². The van der Waals surface area contributed by atoms with Gasteiger partial charge in [0.05, 0.1) is 6.20 Å². The van der Waals surface area contributed by atoms with E-state index in [9.17, 15) is 13.6 Å². The van der Waals surface area contributed by atoms with Gasteiger partial charge in [0, 0.05) is 36.6 Å². The summed E-state index contributed by atoms with van der Waals surface area (Å²) in [5.74, 6) is -1.01. The Morgan fingerprint density at radius 1 is 1.38 bits per heavy atom. The maximum absolute atomic E-state index is 14.9. The molecule has 1 saturated carbocycles. The maximum atomic E-state index is 14.9. The van der Waals surface area contributed by atoms with E-state index in [4.69, 9.17) is 11.6 Å². The molecule has 4 nitrogen and oxygen atoms in total. The fourth-order valence-corrected chi connectivity index (χ4v) is 4.50. The summed E-state index contributed by atoms with van der Waals surface area (Å²) in [5.41, 5.74) is -0.683. The number of carbonyl (C=O) groups is 1. The van der Waals surface area contributed by atoms with Crippen LogP contribution in [0.5, 0.6) is 0 Å². The molecule has 4 rings (SSSR count). The Morgan fingerprint density at radius 2 is 2.17 bits per heavy atom. The monoisotopic (exact) mass is 353 g/mol. The first-order valence-corrected chi connectivity index (χ1v) is 8.42. The van der Waals surface area contributed by atoms with Crippen molar-refractivity contribution in [3.63, 3.8) is 0 Å². The summed E-state index contributed by atoms with van der Waals surface area (Å²) in [6.07, 6.45) is 2.58. The van der Waals surface area contributed by atoms with Gasteiger partial charge in [0.15, 0.2) is 5.78 Å². The smallest absolute Gasteiger partial charge is 0.208 e. The number of nitrogens with zero attached hydrogens (tertiary/aromatic N) is 2. The van der Waals surface area contributed by atoms with Crippen LogP contribution in [0.15, 0.2) is 30.3 Å². The van der Waals surface area contributed by atoms with E-state index >= 15 is 0 Å². The Bertz CT molecular complexity index is 741. The molecule has 2 aliphatic heterocycles. The highest BCUT2D eigenvalue weighted by Gasteiger charge is 2.61. The van der Waals surface area contributed by atoms with Crippen LogP contribution < -0.4 is 5.32 Å². The van der Waals surface area contributed by atoms with Crippen LogP contribution in [0.25, 0.3) is 0 Å². The summed E-state index contributed by atoms with van der Waals surface area (Å²) in [7, 11) is 1.75. The van der Waals surface area contributed by atoms with Gasteiger partial charge in [-0.1, -0.05) is 17.7 Å². The van der Waals surface area contributed by atoms with E-state index in [0.717, 1.165) is 12.8 Å². The van der Waals surface area contributed by atoms with E-state index in [1.54, 1.807) is 24.1 Å². The van der Waals surface area contributed by atoms with E-state index in [-0.39, 0.29) is 16.8 Å². The fraction of sp³-hybridized carbons (Fsp3) is 0.471. The Morgan fingerprint density at radius 3 is 2.92 bits per heavy atom. The number of rotatable bonds is 1. The lowest BCUT2D eigenvalue weighted by Crippen LogP contribution is -2.65. The topological polar surface area (TPSA) is 35.6 Å². The summed E-state index contributed by atoms with van der Waals surface area (Å²) in [6, 6.07) is 4.14. The van der Waals surface area contributed by atoms with Crippen LogP contribution >= 0.6 is 11.6 Å². The highest BCUT2D eigenvalue weighted by Crippen LogP contribution is 2.47. The molecule has 24 heavy (non-hydrogen) atoms. The van der Waals surface area contributed by atoms with E-state index < -0.39 is 23.5 Å². The Balaban J connectivity index is 1.86. The molecule has 3 aliphatic rings. The predicted octanol–water partition coefficient (Wildman–Crippen LogP) is 2.96. The van der Waals surface area contributed by atoms with Crippen molar-refractivity contribution in [2.24, 2.45) is 0 Å². The van der Waals surface area contributed by atoms with Crippen molar-refractivity contribution in [1.29, 1.82) is 0 Å². The van der Waals surface area contributed by atoms with E-state index in [1.165, 1.54) is 17.2 Å². The zero-order valence-electron chi connectivity index (χ0n) is 13.2. The number of nitrogens with one attached hydrogen (secondary N) is 1. The van der Waals surface area contributed by atoms with E-state index in [0.29, 0.717) is 18.5 Å². The second-order valence-corrected chi connectivity index (χ2v) is 7.20. The lowest BCUT2D eigenvalue weighted by molar-refractivity contribution is -0.135. The predicted molar refractivity (Wildman–Crippen MR) is 86.3 cm³/mol. The molecule has 0 radical (unpaired) electrons. The van der Waals surface area contributed by atoms with Gasteiger partial charge in [0.25, 0.3) is 0 Å². The van der Waals surface area contributed by atoms with Crippen molar-refractivity contribution in [2.45, 2.75) is 37.0 Å². The second kappa shape index (κ2) is 5.43. The van der Waals surface area contributed by atoms with E-state index in [2.05, 4.69) is 5.32 Å². The lowest BCUT2D eigenvalue weighted by atomic mass is 9.75. The molecule has 3 unspecified atom stereocenters. The van der Waals surface area contributed by atoms with Gasteiger partial charge >= 0.3 is 0 Å². The normalized spacial score (nSPS) is 32.5. The Labute approximate surface area is 144 Å². The van der Waals surface area contributed by atoms with Crippen LogP contribution in [-0.4, -0.2) is 40.8 Å². The van der Waals surface area contributed by atoms with Gasteiger partial charge < -0.3 is 9.80 Å². The molecule has 128 valence electrons. The van der Waals surface area contributed by atoms with Crippen LogP contribution in [-0.2, 0) is 4.79 Å². The third-order valence-electron chi connectivity index (χ3n) is 5.31. The first-order chi connectivity index (χ1) is 11.4. The third kappa shape index (κ3) is 2.09. The average Bonchev–Trinajstić information content (AvgIpc) is 2.84. The fourth-order valence-electron chi connectivity index (χ4n) is 4.35. The van der Waals surface area contributed by atoms with Crippen molar-refractivity contribution in [3.8, 4) is 0 Å². The second-order valence-electron chi connectivity index (χ2n) is 6.76. The largest absolute Gasteiger partial charge is 0.374 e. The van der Waals surface area contributed by atoms with Gasteiger partial charge in [-0.3, -0.25) is 10.1 Å². The zero-order chi connectivity index (χ0) is 17.1. The lowest BCUT2D eigenvalue weighted by Gasteiger charge is -2.48. The molecule has 1 spiro atoms. The van der Waals surface area contributed by atoms with E-state index in [1.807, 2.05) is 0 Å². The minimum Gasteiger partial charge on any atom is -0.374 e. The first-order valence-electron chi connectivity index (χ1n) is 8.04. The molecule has 2 fully saturated rings. The minimum absolute atomic E-state index is 0.0122. The van der Waals surface area contributed by atoms with Gasteiger partial charge in [0.1, 0.15) is 17.5 Å². The van der Waals surface area contributed by atoms with Crippen molar-refractivity contribution < 1.29 is 13.6 Å². The van der Waals surface area contributed by atoms with Crippen LogP contribution in [0.1, 0.15) is 31.0 Å². The number of ketones is 1.